The summed E-state index contributed by atoms with van der Waals surface area (Å²) in [5.41, 5.74) is 6.63. The second-order valence-corrected chi connectivity index (χ2v) is 8.04. The van der Waals surface area contributed by atoms with Crippen molar-refractivity contribution >= 4 is 33.6 Å². The van der Waals surface area contributed by atoms with Crippen LogP contribution in [0.15, 0.2) is 53.4 Å². The topological polar surface area (TPSA) is 144 Å². The van der Waals surface area contributed by atoms with Crippen LogP contribution in [0.5, 0.6) is 0 Å². The minimum atomic E-state index is -3.73. The van der Waals surface area contributed by atoms with E-state index in [0.717, 1.165) is 5.56 Å². The van der Waals surface area contributed by atoms with Crippen molar-refractivity contribution in [2.24, 2.45) is 10.9 Å². The Morgan fingerprint density at radius 1 is 1.07 bits per heavy atom. The summed E-state index contributed by atoms with van der Waals surface area (Å²) in [6.07, 6.45) is 0.466. The lowest BCUT2D eigenvalue weighted by Gasteiger charge is -2.19. The molecule has 0 aliphatic heterocycles. The van der Waals surface area contributed by atoms with Crippen LogP contribution in [0.1, 0.15) is 23.6 Å². The summed E-state index contributed by atoms with van der Waals surface area (Å²) in [5.74, 6) is -0.292. The first-order valence-corrected chi connectivity index (χ1v) is 10.3. The molecule has 2 rings (SSSR count). The Labute approximate surface area is 168 Å². The van der Waals surface area contributed by atoms with Gasteiger partial charge in [-0.1, -0.05) is 41.9 Å². The second-order valence-electron chi connectivity index (χ2n) is 6.08. The van der Waals surface area contributed by atoms with Crippen LogP contribution in [-0.4, -0.2) is 26.9 Å². The molecule has 150 valence electrons. The highest BCUT2D eigenvalue weighted by molar-refractivity contribution is 7.89. The number of rotatable bonds is 8. The zero-order valence-electron chi connectivity index (χ0n) is 14.9. The third-order valence-electron chi connectivity index (χ3n) is 3.97. The second kappa shape index (κ2) is 9.54. The third kappa shape index (κ3) is 6.52. The van der Waals surface area contributed by atoms with Gasteiger partial charge in [-0.25, -0.2) is 18.4 Å². The van der Waals surface area contributed by atoms with E-state index in [0.29, 0.717) is 23.6 Å². The Kier molecular flexibility index (Phi) is 7.38. The normalized spacial score (nSPS) is 12.2. The number of urea groups is 1. The molecule has 3 amide bonds. The fourth-order valence-corrected chi connectivity index (χ4v) is 3.40. The van der Waals surface area contributed by atoms with Crippen molar-refractivity contribution in [2.45, 2.75) is 23.8 Å². The molecule has 0 saturated carbocycles. The van der Waals surface area contributed by atoms with Gasteiger partial charge < -0.3 is 16.4 Å². The van der Waals surface area contributed by atoms with E-state index < -0.39 is 22.1 Å². The van der Waals surface area contributed by atoms with Gasteiger partial charge in [0.25, 0.3) is 0 Å². The van der Waals surface area contributed by atoms with Crippen LogP contribution in [0.2, 0.25) is 5.02 Å². The zero-order chi connectivity index (χ0) is 20.7. The van der Waals surface area contributed by atoms with E-state index in [4.69, 9.17) is 22.5 Å². The summed E-state index contributed by atoms with van der Waals surface area (Å²) in [5, 5.41) is 10.7. The molecule has 28 heavy (non-hydrogen) atoms. The lowest BCUT2D eigenvalue weighted by molar-refractivity contribution is -0.121. The maximum Gasteiger partial charge on any atom is 0.312 e. The highest BCUT2D eigenvalue weighted by Gasteiger charge is 2.19. The molecule has 10 heteroatoms. The van der Waals surface area contributed by atoms with E-state index in [-0.39, 0.29) is 17.2 Å². The van der Waals surface area contributed by atoms with E-state index in [1.165, 1.54) is 12.1 Å². The maximum absolute atomic E-state index is 12.3. The summed E-state index contributed by atoms with van der Waals surface area (Å²) >= 11 is 6.14. The van der Waals surface area contributed by atoms with E-state index in [9.17, 15) is 18.0 Å². The highest BCUT2D eigenvalue weighted by atomic mass is 35.5. The zero-order valence-corrected chi connectivity index (χ0v) is 16.5. The number of benzene rings is 2. The Balaban J connectivity index is 1.92. The lowest BCUT2D eigenvalue weighted by atomic mass is 10.0. The number of carbonyl (C=O) groups excluding carboxylic acids is 2. The fraction of sp³-hybridized carbons (Fsp3) is 0.222. The van der Waals surface area contributed by atoms with Crippen molar-refractivity contribution in [1.29, 1.82) is 0 Å². The molecule has 0 aliphatic rings. The molecule has 0 radical (unpaired) electrons. The molecule has 0 spiro atoms. The number of hydrogen-bond donors (Lipinski definition) is 4. The van der Waals surface area contributed by atoms with Gasteiger partial charge in [0.05, 0.1) is 17.4 Å². The van der Waals surface area contributed by atoms with Gasteiger partial charge in [0.2, 0.25) is 15.9 Å². The Bertz CT molecular complexity index is 948. The Hall–Kier alpha value is -2.62. The number of halogens is 1. The Morgan fingerprint density at radius 3 is 2.29 bits per heavy atom. The smallest absolute Gasteiger partial charge is 0.312 e. The maximum atomic E-state index is 12.3. The number of primary amides is 1. The monoisotopic (exact) mass is 424 g/mol. The molecule has 2 aromatic rings. The van der Waals surface area contributed by atoms with Crippen LogP contribution in [-0.2, 0) is 21.2 Å². The lowest BCUT2D eigenvalue weighted by Crippen LogP contribution is -2.37. The quantitative estimate of drug-likeness (QED) is 0.508. The minimum Gasteiger partial charge on any atom is -0.356 e. The van der Waals surface area contributed by atoms with E-state index >= 15 is 0 Å². The number of amides is 3. The standard InChI is InChI=1S/C18H21ClN4O4S/c19-15-4-2-1-3-14(15)16(23-18(20)25)11-17(24)22-10-9-12-5-7-13(8-6-12)28(21,26)27/h1-8,16H,9-11H2,(H,22,24)(H3,20,23,25)(H2,21,26,27)/t16-/m0/s1. The van der Waals surface area contributed by atoms with Crippen LogP contribution in [0.4, 0.5) is 4.79 Å². The summed E-state index contributed by atoms with van der Waals surface area (Å²) in [4.78, 5) is 23.5. The van der Waals surface area contributed by atoms with Crippen molar-refractivity contribution in [3.63, 3.8) is 0 Å². The number of nitrogens with one attached hydrogen (secondary N) is 2. The minimum absolute atomic E-state index is 0.0281. The predicted octanol–water partition coefficient (Wildman–Crippen LogP) is 1.45. The van der Waals surface area contributed by atoms with Gasteiger partial charge >= 0.3 is 6.03 Å². The average molecular weight is 425 g/mol. The number of carbonyl (C=O) groups is 2. The number of nitrogens with two attached hydrogens (primary N) is 2. The van der Waals surface area contributed by atoms with Gasteiger partial charge in [-0.15, -0.1) is 0 Å². The van der Waals surface area contributed by atoms with E-state index in [1.807, 2.05) is 0 Å². The van der Waals surface area contributed by atoms with Crippen LogP contribution in [0, 0.1) is 0 Å². The fourth-order valence-electron chi connectivity index (χ4n) is 2.62. The first-order chi connectivity index (χ1) is 13.2. The molecule has 1 atom stereocenters. The van der Waals surface area contributed by atoms with Crippen molar-refractivity contribution in [1.82, 2.24) is 10.6 Å². The summed E-state index contributed by atoms with van der Waals surface area (Å²) < 4.78 is 22.5. The van der Waals surface area contributed by atoms with Gasteiger partial charge in [-0.2, -0.15) is 0 Å². The van der Waals surface area contributed by atoms with Gasteiger partial charge in [-0.3, -0.25) is 4.79 Å². The van der Waals surface area contributed by atoms with Crippen molar-refractivity contribution < 1.29 is 18.0 Å². The number of sulfonamides is 1. The third-order valence-corrected chi connectivity index (χ3v) is 5.25. The van der Waals surface area contributed by atoms with E-state index in [2.05, 4.69) is 10.6 Å². The van der Waals surface area contributed by atoms with E-state index in [1.54, 1.807) is 36.4 Å². The molecule has 0 bridgehead atoms. The Morgan fingerprint density at radius 2 is 1.71 bits per heavy atom. The van der Waals surface area contributed by atoms with Gasteiger partial charge in [0.1, 0.15) is 0 Å². The van der Waals surface area contributed by atoms with Crippen molar-refractivity contribution in [2.75, 3.05) is 6.54 Å². The van der Waals surface area contributed by atoms with Gasteiger partial charge in [0.15, 0.2) is 0 Å². The molecule has 0 aliphatic carbocycles. The van der Waals surface area contributed by atoms with Crippen LogP contribution >= 0.6 is 11.6 Å². The first-order valence-electron chi connectivity index (χ1n) is 8.35. The van der Waals surface area contributed by atoms with Crippen molar-refractivity contribution in [3.8, 4) is 0 Å². The van der Waals surface area contributed by atoms with Gasteiger partial charge in [-0.05, 0) is 35.7 Å². The molecule has 8 nitrogen and oxygen atoms in total. The molecule has 0 fully saturated rings. The number of hydrogen-bond acceptors (Lipinski definition) is 4. The molecular weight excluding hydrogens is 404 g/mol. The summed E-state index contributed by atoms with van der Waals surface area (Å²) in [6, 6.07) is 11.5. The van der Waals surface area contributed by atoms with Crippen LogP contribution < -0.4 is 21.5 Å². The van der Waals surface area contributed by atoms with Crippen LogP contribution in [0.3, 0.4) is 0 Å². The molecule has 0 unspecified atom stereocenters. The molecular formula is C18H21ClN4O4S. The highest BCUT2D eigenvalue weighted by Crippen LogP contribution is 2.25. The summed E-state index contributed by atoms with van der Waals surface area (Å²) in [7, 11) is -3.73. The molecule has 0 heterocycles. The predicted molar refractivity (Wildman–Crippen MR) is 106 cm³/mol. The SMILES string of the molecule is NC(=O)N[C@@H](CC(=O)NCCc1ccc(S(N)(=O)=O)cc1)c1ccccc1Cl. The van der Waals surface area contributed by atoms with Crippen molar-refractivity contribution in [3.05, 3.63) is 64.7 Å². The molecule has 2 aromatic carbocycles. The summed E-state index contributed by atoms with van der Waals surface area (Å²) in [6.45, 7) is 0.333. The first kappa shape index (κ1) is 21.7. The average Bonchev–Trinajstić information content (AvgIpc) is 2.61. The largest absolute Gasteiger partial charge is 0.356 e. The molecule has 0 saturated heterocycles. The molecule has 6 N–H and O–H groups in total. The van der Waals surface area contributed by atoms with Crippen LogP contribution in [0.25, 0.3) is 0 Å². The molecule has 0 aromatic heterocycles. The number of primary sulfonamides is 1. The van der Waals surface area contributed by atoms with Gasteiger partial charge in [0, 0.05) is 11.6 Å².